The van der Waals surface area contributed by atoms with Crippen LogP contribution in [0.4, 0.5) is 0 Å². The van der Waals surface area contributed by atoms with E-state index in [0.29, 0.717) is 4.05 Å². The highest BCUT2D eigenvalue weighted by molar-refractivity contribution is 14.1. The van der Waals surface area contributed by atoms with Crippen LogP contribution in [0.15, 0.2) is 23.4 Å². The average molecular weight is 261 g/mol. The van der Waals surface area contributed by atoms with E-state index in [0.717, 1.165) is 0 Å². The molecular formula is C9H12IN. The Morgan fingerprint density at radius 3 is 3.00 bits per heavy atom. The Labute approximate surface area is 81.1 Å². The predicted molar refractivity (Wildman–Crippen MR) is 55.6 cm³/mol. The number of dihydropyridines is 1. The van der Waals surface area contributed by atoms with E-state index >= 15 is 0 Å². The van der Waals surface area contributed by atoms with Crippen molar-refractivity contribution in [3.05, 3.63) is 23.4 Å². The lowest BCUT2D eigenvalue weighted by Crippen LogP contribution is -2.25. The molecule has 1 atom stereocenters. The Hall–Kier alpha value is 0.0100. The van der Waals surface area contributed by atoms with E-state index in [9.17, 15) is 0 Å². The topological polar surface area (TPSA) is 12.0 Å². The highest BCUT2D eigenvalue weighted by Crippen LogP contribution is 2.31. The van der Waals surface area contributed by atoms with Gasteiger partial charge in [-0.3, -0.25) is 0 Å². The summed E-state index contributed by atoms with van der Waals surface area (Å²) in [7, 11) is 0. The third kappa shape index (κ3) is 1.45. The zero-order valence-corrected chi connectivity index (χ0v) is 8.60. The van der Waals surface area contributed by atoms with Crippen molar-refractivity contribution in [3.8, 4) is 0 Å². The van der Waals surface area contributed by atoms with Crippen LogP contribution >= 0.6 is 22.6 Å². The fourth-order valence-corrected chi connectivity index (χ4v) is 2.68. The number of allylic oxidation sites excluding steroid dienone is 2. The van der Waals surface area contributed by atoms with Crippen molar-refractivity contribution in [1.82, 2.24) is 5.32 Å². The molecule has 0 aromatic carbocycles. The monoisotopic (exact) mass is 261 g/mol. The van der Waals surface area contributed by atoms with Gasteiger partial charge in [-0.2, -0.15) is 0 Å². The number of nitrogens with one attached hydrogen (secondary N) is 1. The highest BCUT2D eigenvalue weighted by Gasteiger charge is 2.18. The number of hydrogen-bond donors (Lipinski definition) is 1. The molecule has 1 aliphatic heterocycles. The summed E-state index contributed by atoms with van der Waals surface area (Å²) < 4.78 is 0.563. The molecule has 2 heteroatoms. The van der Waals surface area contributed by atoms with Gasteiger partial charge in [0.05, 0.1) is 4.05 Å². The molecule has 0 aromatic rings. The van der Waals surface area contributed by atoms with Gasteiger partial charge in [0, 0.05) is 0 Å². The van der Waals surface area contributed by atoms with Crippen LogP contribution in [0, 0.1) is 0 Å². The molecule has 1 aliphatic carbocycles. The minimum atomic E-state index is 0.563. The van der Waals surface area contributed by atoms with Crippen molar-refractivity contribution in [2.75, 3.05) is 0 Å². The van der Waals surface area contributed by atoms with Crippen LogP contribution in [0.5, 0.6) is 0 Å². The molecule has 0 fully saturated rings. The van der Waals surface area contributed by atoms with Crippen molar-refractivity contribution < 1.29 is 0 Å². The van der Waals surface area contributed by atoms with Crippen molar-refractivity contribution in [2.24, 2.45) is 0 Å². The van der Waals surface area contributed by atoms with Crippen molar-refractivity contribution in [2.45, 2.75) is 29.7 Å². The number of rotatable bonds is 0. The van der Waals surface area contributed by atoms with Gasteiger partial charge in [0.25, 0.3) is 0 Å². The van der Waals surface area contributed by atoms with Gasteiger partial charge in [-0.15, -0.1) is 0 Å². The van der Waals surface area contributed by atoms with Gasteiger partial charge in [-0.25, -0.2) is 0 Å². The summed E-state index contributed by atoms with van der Waals surface area (Å²) in [6.45, 7) is 0. The average Bonchev–Trinajstić information content (AvgIpc) is 2.06. The summed E-state index contributed by atoms with van der Waals surface area (Å²) in [5.41, 5.74) is 3.23. The van der Waals surface area contributed by atoms with Crippen LogP contribution in [-0.4, -0.2) is 4.05 Å². The van der Waals surface area contributed by atoms with Gasteiger partial charge in [-0.05, 0) is 49.1 Å². The predicted octanol–water partition coefficient (Wildman–Crippen LogP) is 2.74. The molecular weight excluding hydrogens is 249 g/mol. The third-order valence-electron chi connectivity index (χ3n) is 2.39. The number of halogens is 1. The van der Waals surface area contributed by atoms with Gasteiger partial charge in [0.2, 0.25) is 0 Å². The van der Waals surface area contributed by atoms with Crippen LogP contribution in [0.3, 0.4) is 0 Å². The summed E-state index contributed by atoms with van der Waals surface area (Å²) >= 11 is 2.47. The molecule has 0 saturated heterocycles. The molecule has 0 aromatic heterocycles. The summed E-state index contributed by atoms with van der Waals surface area (Å²) in [6.07, 6.45) is 9.69. The lowest BCUT2D eigenvalue weighted by Gasteiger charge is -2.26. The Balaban J connectivity index is 2.27. The second-order valence-electron chi connectivity index (χ2n) is 3.12. The molecule has 2 rings (SSSR count). The lowest BCUT2D eigenvalue weighted by atomic mass is 9.90. The summed E-state index contributed by atoms with van der Waals surface area (Å²) in [6, 6.07) is 0. The molecule has 1 nitrogen and oxygen atoms in total. The molecule has 60 valence electrons. The van der Waals surface area contributed by atoms with Gasteiger partial charge in [0.1, 0.15) is 0 Å². The number of alkyl halides is 1. The van der Waals surface area contributed by atoms with Gasteiger partial charge < -0.3 is 5.32 Å². The quantitative estimate of drug-likeness (QED) is 0.401. The fourth-order valence-electron chi connectivity index (χ4n) is 1.77. The Morgan fingerprint density at radius 1 is 1.36 bits per heavy atom. The van der Waals surface area contributed by atoms with Crippen LogP contribution in [-0.2, 0) is 0 Å². The first-order valence-electron chi connectivity index (χ1n) is 4.16. The second kappa shape index (κ2) is 3.17. The molecule has 1 unspecified atom stereocenters. The van der Waals surface area contributed by atoms with Gasteiger partial charge >= 0.3 is 0 Å². The Bertz CT molecular complexity index is 218. The SMILES string of the molecule is IC1NC=CC2=C1CCCC2. The zero-order chi connectivity index (χ0) is 7.68. The minimum Gasteiger partial charge on any atom is -0.376 e. The van der Waals surface area contributed by atoms with E-state index in [2.05, 4.69) is 40.2 Å². The molecule has 11 heavy (non-hydrogen) atoms. The smallest absolute Gasteiger partial charge is 0.0998 e. The highest BCUT2D eigenvalue weighted by atomic mass is 127. The van der Waals surface area contributed by atoms with E-state index in [1.54, 1.807) is 11.1 Å². The first-order chi connectivity index (χ1) is 5.38. The van der Waals surface area contributed by atoms with E-state index in [1.165, 1.54) is 25.7 Å². The van der Waals surface area contributed by atoms with E-state index in [-0.39, 0.29) is 0 Å². The first kappa shape index (κ1) is 7.65. The first-order valence-corrected chi connectivity index (χ1v) is 5.41. The number of hydrogen-bond acceptors (Lipinski definition) is 1. The van der Waals surface area contributed by atoms with Crippen LogP contribution < -0.4 is 5.32 Å². The van der Waals surface area contributed by atoms with E-state index in [4.69, 9.17) is 0 Å². The third-order valence-corrected chi connectivity index (χ3v) is 3.50. The fraction of sp³-hybridized carbons (Fsp3) is 0.556. The van der Waals surface area contributed by atoms with Gasteiger partial charge in [0.15, 0.2) is 0 Å². The van der Waals surface area contributed by atoms with Gasteiger partial charge in [-0.1, -0.05) is 22.6 Å². The minimum absolute atomic E-state index is 0.563. The maximum atomic E-state index is 3.33. The van der Waals surface area contributed by atoms with Crippen molar-refractivity contribution in [3.63, 3.8) is 0 Å². The van der Waals surface area contributed by atoms with Crippen molar-refractivity contribution in [1.29, 1.82) is 0 Å². The molecule has 0 spiro atoms. The summed E-state index contributed by atoms with van der Waals surface area (Å²) in [5.74, 6) is 0. The molecule has 1 N–H and O–H groups in total. The molecule has 1 heterocycles. The molecule has 0 amide bonds. The maximum Gasteiger partial charge on any atom is 0.0998 e. The molecule has 0 bridgehead atoms. The lowest BCUT2D eigenvalue weighted by molar-refractivity contribution is 0.645. The molecule has 0 radical (unpaired) electrons. The van der Waals surface area contributed by atoms with Crippen LogP contribution in [0.1, 0.15) is 25.7 Å². The zero-order valence-electron chi connectivity index (χ0n) is 6.44. The molecule has 0 saturated carbocycles. The van der Waals surface area contributed by atoms with Crippen LogP contribution in [0.25, 0.3) is 0 Å². The maximum absolute atomic E-state index is 3.33. The van der Waals surface area contributed by atoms with E-state index < -0.39 is 0 Å². The van der Waals surface area contributed by atoms with Crippen LogP contribution in [0.2, 0.25) is 0 Å². The summed E-state index contributed by atoms with van der Waals surface area (Å²) in [5, 5.41) is 3.33. The largest absolute Gasteiger partial charge is 0.376 e. The Kier molecular flexibility index (Phi) is 2.20. The van der Waals surface area contributed by atoms with E-state index in [1.807, 2.05) is 0 Å². The Morgan fingerprint density at radius 2 is 2.18 bits per heavy atom. The standard InChI is InChI=1S/C9H12IN/c10-9-8-4-2-1-3-7(8)5-6-11-9/h5-6,9,11H,1-4H2. The summed E-state index contributed by atoms with van der Waals surface area (Å²) in [4.78, 5) is 0. The second-order valence-corrected chi connectivity index (χ2v) is 4.37. The van der Waals surface area contributed by atoms with Crippen molar-refractivity contribution >= 4 is 22.6 Å². The molecule has 2 aliphatic rings. The normalized spacial score (nSPS) is 29.7.